The molecule has 2 atom stereocenters. The van der Waals surface area contributed by atoms with E-state index in [-0.39, 0.29) is 17.7 Å². The SMILES string of the molecule is CC1CC(C(=O)NCc2ccc(Cl)cc2)N(C(=O)c2ccncc2)C1. The van der Waals surface area contributed by atoms with Crippen LogP contribution in [0.15, 0.2) is 48.8 Å². The van der Waals surface area contributed by atoms with Crippen molar-refractivity contribution in [2.45, 2.75) is 25.9 Å². The van der Waals surface area contributed by atoms with Crippen LogP contribution in [0.2, 0.25) is 5.02 Å². The maximum atomic E-state index is 12.7. The van der Waals surface area contributed by atoms with Gasteiger partial charge in [0.15, 0.2) is 0 Å². The molecule has 1 fully saturated rings. The molecule has 2 unspecified atom stereocenters. The van der Waals surface area contributed by atoms with E-state index in [0.29, 0.717) is 30.1 Å². The third kappa shape index (κ3) is 4.17. The average Bonchev–Trinajstić information content (AvgIpc) is 3.03. The van der Waals surface area contributed by atoms with E-state index in [1.807, 2.05) is 12.1 Å². The molecular formula is C19H20ClN3O2. The van der Waals surface area contributed by atoms with Crippen molar-refractivity contribution in [2.75, 3.05) is 6.54 Å². The largest absolute Gasteiger partial charge is 0.350 e. The summed E-state index contributed by atoms with van der Waals surface area (Å²) >= 11 is 5.87. The minimum Gasteiger partial charge on any atom is -0.350 e. The molecule has 2 aromatic rings. The van der Waals surface area contributed by atoms with Gasteiger partial charge >= 0.3 is 0 Å². The molecule has 1 aliphatic heterocycles. The Labute approximate surface area is 152 Å². The lowest BCUT2D eigenvalue weighted by atomic mass is 10.1. The number of rotatable bonds is 4. The smallest absolute Gasteiger partial charge is 0.254 e. The highest BCUT2D eigenvalue weighted by molar-refractivity contribution is 6.30. The number of carbonyl (C=O) groups excluding carboxylic acids is 2. The Morgan fingerprint density at radius 2 is 1.88 bits per heavy atom. The van der Waals surface area contributed by atoms with Crippen LogP contribution in [0.1, 0.15) is 29.3 Å². The molecule has 3 rings (SSSR count). The first kappa shape index (κ1) is 17.4. The molecule has 1 aromatic carbocycles. The predicted molar refractivity (Wildman–Crippen MR) is 96.1 cm³/mol. The van der Waals surface area contributed by atoms with Gasteiger partial charge in [0.2, 0.25) is 5.91 Å². The van der Waals surface area contributed by atoms with Crippen molar-refractivity contribution in [3.63, 3.8) is 0 Å². The van der Waals surface area contributed by atoms with E-state index in [2.05, 4.69) is 17.2 Å². The van der Waals surface area contributed by atoms with Crippen LogP contribution >= 0.6 is 11.6 Å². The Morgan fingerprint density at radius 1 is 1.20 bits per heavy atom. The Balaban J connectivity index is 1.67. The summed E-state index contributed by atoms with van der Waals surface area (Å²) in [4.78, 5) is 31.0. The summed E-state index contributed by atoms with van der Waals surface area (Å²) in [5.41, 5.74) is 1.52. The highest BCUT2D eigenvalue weighted by Gasteiger charge is 2.37. The van der Waals surface area contributed by atoms with E-state index >= 15 is 0 Å². The van der Waals surface area contributed by atoms with Gasteiger partial charge in [-0.05, 0) is 42.2 Å². The zero-order valence-corrected chi connectivity index (χ0v) is 14.7. The maximum Gasteiger partial charge on any atom is 0.254 e. The number of carbonyl (C=O) groups is 2. The quantitative estimate of drug-likeness (QED) is 0.915. The minimum absolute atomic E-state index is 0.123. The van der Waals surface area contributed by atoms with Crippen LogP contribution in [0.3, 0.4) is 0 Å². The van der Waals surface area contributed by atoms with Gasteiger partial charge in [-0.1, -0.05) is 30.7 Å². The van der Waals surface area contributed by atoms with Gasteiger partial charge in [-0.15, -0.1) is 0 Å². The molecule has 0 bridgehead atoms. The topological polar surface area (TPSA) is 62.3 Å². The highest BCUT2D eigenvalue weighted by atomic mass is 35.5. The minimum atomic E-state index is -0.442. The van der Waals surface area contributed by atoms with Crippen molar-refractivity contribution in [3.05, 3.63) is 64.9 Å². The van der Waals surface area contributed by atoms with Crippen LogP contribution in [0.25, 0.3) is 0 Å². The van der Waals surface area contributed by atoms with Crippen LogP contribution in [-0.4, -0.2) is 34.3 Å². The fraction of sp³-hybridized carbons (Fsp3) is 0.316. The molecule has 2 amide bonds. The Hall–Kier alpha value is -2.40. The van der Waals surface area contributed by atoms with Crippen LogP contribution < -0.4 is 5.32 Å². The molecule has 1 aliphatic rings. The van der Waals surface area contributed by atoms with Crippen LogP contribution in [0.4, 0.5) is 0 Å². The molecule has 0 spiro atoms. The first-order valence-corrected chi connectivity index (χ1v) is 8.65. The normalized spacial score (nSPS) is 19.7. The Kier molecular flexibility index (Phi) is 5.34. The van der Waals surface area contributed by atoms with E-state index in [4.69, 9.17) is 11.6 Å². The number of benzene rings is 1. The van der Waals surface area contributed by atoms with Gasteiger partial charge in [0.1, 0.15) is 6.04 Å². The van der Waals surface area contributed by atoms with Crippen molar-refractivity contribution in [1.82, 2.24) is 15.2 Å². The lowest BCUT2D eigenvalue weighted by Gasteiger charge is -2.24. The van der Waals surface area contributed by atoms with Gasteiger partial charge in [0, 0.05) is 36.1 Å². The molecule has 1 N–H and O–H groups in total. The second-order valence-corrected chi connectivity index (χ2v) is 6.83. The lowest BCUT2D eigenvalue weighted by Crippen LogP contribution is -2.45. The summed E-state index contributed by atoms with van der Waals surface area (Å²) in [6.45, 7) is 3.05. The van der Waals surface area contributed by atoms with Gasteiger partial charge in [0.05, 0.1) is 0 Å². The Morgan fingerprint density at radius 3 is 2.56 bits per heavy atom. The van der Waals surface area contributed by atoms with Gasteiger partial charge in [0.25, 0.3) is 5.91 Å². The Bertz CT molecular complexity index is 749. The summed E-state index contributed by atoms with van der Waals surface area (Å²) in [5.74, 6) is 0.0390. The lowest BCUT2D eigenvalue weighted by molar-refractivity contribution is -0.125. The summed E-state index contributed by atoms with van der Waals surface area (Å²) in [5, 5.41) is 3.59. The summed E-state index contributed by atoms with van der Waals surface area (Å²) < 4.78 is 0. The number of amides is 2. The monoisotopic (exact) mass is 357 g/mol. The molecule has 6 heteroatoms. The third-order valence-corrected chi connectivity index (χ3v) is 4.63. The van der Waals surface area contributed by atoms with E-state index in [0.717, 1.165) is 5.56 Å². The van der Waals surface area contributed by atoms with Gasteiger partial charge in [-0.3, -0.25) is 14.6 Å². The van der Waals surface area contributed by atoms with Crippen molar-refractivity contribution in [3.8, 4) is 0 Å². The average molecular weight is 358 g/mol. The number of aromatic nitrogens is 1. The number of likely N-dealkylation sites (tertiary alicyclic amines) is 1. The van der Waals surface area contributed by atoms with Gasteiger partial charge < -0.3 is 10.2 Å². The maximum absolute atomic E-state index is 12.7. The molecule has 2 heterocycles. The standard InChI is InChI=1S/C19H20ClN3O2/c1-13-10-17(18(24)22-11-14-2-4-16(20)5-3-14)23(12-13)19(25)15-6-8-21-9-7-15/h2-9,13,17H,10-12H2,1H3,(H,22,24). The van der Waals surface area contributed by atoms with E-state index in [1.54, 1.807) is 41.6 Å². The number of hydrogen-bond donors (Lipinski definition) is 1. The number of halogens is 1. The summed E-state index contributed by atoms with van der Waals surface area (Å²) in [7, 11) is 0. The molecule has 1 saturated heterocycles. The number of hydrogen-bond acceptors (Lipinski definition) is 3. The first-order chi connectivity index (χ1) is 12.0. The second kappa shape index (κ2) is 7.66. The van der Waals surface area contributed by atoms with Crippen molar-refractivity contribution >= 4 is 23.4 Å². The van der Waals surface area contributed by atoms with Crippen LogP contribution in [0, 0.1) is 5.92 Å². The second-order valence-electron chi connectivity index (χ2n) is 6.39. The number of nitrogens with zero attached hydrogens (tertiary/aromatic N) is 2. The van der Waals surface area contributed by atoms with Crippen LogP contribution in [-0.2, 0) is 11.3 Å². The molecule has 5 nitrogen and oxygen atoms in total. The van der Waals surface area contributed by atoms with Crippen molar-refractivity contribution < 1.29 is 9.59 Å². The van der Waals surface area contributed by atoms with Crippen LogP contribution in [0.5, 0.6) is 0 Å². The predicted octanol–water partition coefficient (Wildman–Crippen LogP) is 2.90. The number of nitrogens with one attached hydrogen (secondary N) is 1. The summed E-state index contributed by atoms with van der Waals surface area (Å²) in [6, 6.07) is 10.2. The highest BCUT2D eigenvalue weighted by Crippen LogP contribution is 2.25. The van der Waals surface area contributed by atoms with E-state index < -0.39 is 6.04 Å². The zero-order chi connectivity index (χ0) is 17.8. The molecular weight excluding hydrogens is 338 g/mol. The van der Waals surface area contributed by atoms with Crippen molar-refractivity contribution in [1.29, 1.82) is 0 Å². The van der Waals surface area contributed by atoms with Gasteiger partial charge in [-0.25, -0.2) is 0 Å². The third-order valence-electron chi connectivity index (χ3n) is 4.38. The fourth-order valence-corrected chi connectivity index (χ4v) is 3.21. The summed E-state index contributed by atoms with van der Waals surface area (Å²) in [6.07, 6.45) is 3.84. The van der Waals surface area contributed by atoms with E-state index in [9.17, 15) is 9.59 Å². The molecule has 0 aliphatic carbocycles. The fourth-order valence-electron chi connectivity index (χ4n) is 3.09. The molecule has 0 saturated carbocycles. The first-order valence-electron chi connectivity index (χ1n) is 8.27. The van der Waals surface area contributed by atoms with E-state index in [1.165, 1.54) is 0 Å². The molecule has 130 valence electrons. The van der Waals surface area contributed by atoms with Gasteiger partial charge in [-0.2, -0.15) is 0 Å². The van der Waals surface area contributed by atoms with Crippen molar-refractivity contribution in [2.24, 2.45) is 5.92 Å². The number of pyridine rings is 1. The molecule has 0 radical (unpaired) electrons. The zero-order valence-electron chi connectivity index (χ0n) is 14.0. The molecule has 1 aromatic heterocycles. The molecule has 25 heavy (non-hydrogen) atoms.